The summed E-state index contributed by atoms with van der Waals surface area (Å²) in [6.45, 7) is 7.97. The normalized spacial score (nSPS) is 19.2. The van der Waals surface area contributed by atoms with E-state index in [2.05, 4.69) is 10.3 Å². The van der Waals surface area contributed by atoms with Gasteiger partial charge in [-0.25, -0.2) is 0 Å². The maximum atomic E-state index is 12.8. The molecule has 2 fully saturated rings. The fourth-order valence-corrected chi connectivity index (χ4v) is 3.59. The van der Waals surface area contributed by atoms with Crippen LogP contribution in [-0.2, 0) is 0 Å². The minimum atomic E-state index is 0.0123. The largest absolute Gasteiger partial charge is 0.354 e. The van der Waals surface area contributed by atoms with E-state index in [0.29, 0.717) is 17.3 Å². The number of Topliss-reactive ketones (excluding diaryl/α,β-unsaturated/α-hetero) is 1. The van der Waals surface area contributed by atoms with E-state index in [0.717, 1.165) is 49.7 Å². The summed E-state index contributed by atoms with van der Waals surface area (Å²) in [6, 6.07) is 0.541. The van der Waals surface area contributed by atoms with Gasteiger partial charge in [0.1, 0.15) is 5.69 Å². The lowest BCUT2D eigenvalue weighted by Gasteiger charge is -2.32. The average Bonchev–Trinajstić information content (AvgIpc) is 3.29. The fourth-order valence-electron chi connectivity index (χ4n) is 3.59. The molecule has 1 saturated carbocycles. The predicted molar refractivity (Wildman–Crippen MR) is 89.9 cm³/mol. The first kappa shape index (κ1) is 16.2. The van der Waals surface area contributed by atoms with E-state index in [1.165, 1.54) is 12.8 Å². The van der Waals surface area contributed by atoms with Crippen molar-refractivity contribution in [2.24, 2.45) is 5.92 Å². The van der Waals surface area contributed by atoms with E-state index in [4.69, 9.17) is 0 Å². The number of H-pyrrole nitrogens is 1. The third kappa shape index (κ3) is 3.50. The SMILES string of the molecule is CC(=O)c1c(C)[nH]c(C(=O)N2CCC(NCC3CC3)CC2)c1C. The molecule has 2 aliphatic rings. The minimum Gasteiger partial charge on any atom is -0.354 e. The Hall–Kier alpha value is -1.62. The van der Waals surface area contributed by atoms with Crippen molar-refractivity contribution in [3.8, 4) is 0 Å². The van der Waals surface area contributed by atoms with Crippen molar-refractivity contribution < 1.29 is 9.59 Å². The number of amides is 1. The molecule has 1 saturated heterocycles. The van der Waals surface area contributed by atoms with Gasteiger partial charge in [-0.05, 0) is 64.5 Å². The van der Waals surface area contributed by atoms with Gasteiger partial charge < -0.3 is 15.2 Å². The third-order valence-electron chi connectivity index (χ3n) is 5.18. The van der Waals surface area contributed by atoms with Gasteiger partial charge in [0.2, 0.25) is 0 Å². The first-order chi connectivity index (χ1) is 11.0. The molecule has 3 rings (SSSR count). The number of aromatic nitrogens is 1. The third-order valence-corrected chi connectivity index (χ3v) is 5.18. The Bertz CT molecular complexity index is 608. The zero-order valence-corrected chi connectivity index (χ0v) is 14.4. The number of rotatable bonds is 5. The quantitative estimate of drug-likeness (QED) is 0.820. The maximum absolute atomic E-state index is 12.8. The van der Waals surface area contributed by atoms with Gasteiger partial charge in [0.15, 0.2) is 5.78 Å². The van der Waals surface area contributed by atoms with Crippen LogP contribution >= 0.6 is 0 Å². The molecule has 0 atom stereocenters. The molecular formula is C18H27N3O2. The van der Waals surface area contributed by atoms with Gasteiger partial charge >= 0.3 is 0 Å². The first-order valence-electron chi connectivity index (χ1n) is 8.70. The molecule has 2 heterocycles. The van der Waals surface area contributed by atoms with Crippen LogP contribution in [0.15, 0.2) is 0 Å². The Morgan fingerprint density at radius 2 is 1.83 bits per heavy atom. The number of ketones is 1. The minimum absolute atomic E-state index is 0.0123. The summed E-state index contributed by atoms with van der Waals surface area (Å²) in [5.41, 5.74) is 2.82. The van der Waals surface area contributed by atoms with Crippen LogP contribution in [0.25, 0.3) is 0 Å². The van der Waals surface area contributed by atoms with Gasteiger partial charge in [-0.2, -0.15) is 0 Å². The molecule has 23 heavy (non-hydrogen) atoms. The molecule has 2 N–H and O–H groups in total. The molecule has 0 unspecified atom stereocenters. The number of nitrogens with zero attached hydrogens (tertiary/aromatic N) is 1. The lowest BCUT2D eigenvalue weighted by molar-refractivity contribution is 0.0699. The second kappa shape index (κ2) is 6.48. The Morgan fingerprint density at radius 3 is 2.35 bits per heavy atom. The van der Waals surface area contributed by atoms with Crippen molar-refractivity contribution in [1.82, 2.24) is 15.2 Å². The van der Waals surface area contributed by atoms with E-state index in [-0.39, 0.29) is 11.7 Å². The molecule has 0 radical (unpaired) electrons. The van der Waals surface area contributed by atoms with Crippen LogP contribution in [0, 0.1) is 19.8 Å². The predicted octanol–water partition coefficient (Wildman–Crippen LogP) is 2.44. The second-order valence-corrected chi connectivity index (χ2v) is 7.10. The number of piperidine rings is 1. The summed E-state index contributed by atoms with van der Waals surface area (Å²) < 4.78 is 0. The number of likely N-dealkylation sites (tertiary alicyclic amines) is 1. The highest BCUT2D eigenvalue weighted by atomic mass is 16.2. The Balaban J connectivity index is 1.60. The molecule has 1 amide bonds. The molecule has 5 nitrogen and oxygen atoms in total. The molecule has 0 bridgehead atoms. The Morgan fingerprint density at radius 1 is 1.17 bits per heavy atom. The van der Waals surface area contributed by atoms with Crippen molar-refractivity contribution in [1.29, 1.82) is 0 Å². The van der Waals surface area contributed by atoms with Gasteiger partial charge in [0.05, 0.1) is 0 Å². The van der Waals surface area contributed by atoms with E-state index < -0.39 is 0 Å². The van der Waals surface area contributed by atoms with Crippen molar-refractivity contribution in [3.05, 3.63) is 22.5 Å². The Kier molecular flexibility index (Phi) is 4.57. The highest BCUT2D eigenvalue weighted by molar-refractivity contribution is 6.02. The fraction of sp³-hybridized carbons (Fsp3) is 0.667. The summed E-state index contributed by atoms with van der Waals surface area (Å²) in [5.74, 6) is 0.932. The molecule has 1 aliphatic heterocycles. The van der Waals surface area contributed by atoms with E-state index in [9.17, 15) is 9.59 Å². The van der Waals surface area contributed by atoms with Gasteiger partial charge in [0, 0.05) is 30.4 Å². The highest BCUT2D eigenvalue weighted by Crippen LogP contribution is 2.28. The monoisotopic (exact) mass is 317 g/mol. The van der Waals surface area contributed by atoms with Crippen LogP contribution in [0.5, 0.6) is 0 Å². The summed E-state index contributed by atoms with van der Waals surface area (Å²) in [6.07, 6.45) is 4.76. The first-order valence-corrected chi connectivity index (χ1v) is 8.70. The van der Waals surface area contributed by atoms with Crippen LogP contribution in [0.4, 0.5) is 0 Å². The highest BCUT2D eigenvalue weighted by Gasteiger charge is 2.28. The van der Waals surface area contributed by atoms with Crippen LogP contribution in [0.2, 0.25) is 0 Å². The molecule has 1 aliphatic carbocycles. The number of nitrogens with one attached hydrogen (secondary N) is 2. The number of aryl methyl sites for hydroxylation is 1. The Labute approximate surface area is 137 Å². The van der Waals surface area contributed by atoms with Gasteiger partial charge in [-0.3, -0.25) is 9.59 Å². The molecule has 0 spiro atoms. The number of carbonyl (C=O) groups is 2. The number of hydrogen-bond acceptors (Lipinski definition) is 3. The maximum Gasteiger partial charge on any atom is 0.270 e. The van der Waals surface area contributed by atoms with Crippen molar-refractivity contribution in [2.75, 3.05) is 19.6 Å². The smallest absolute Gasteiger partial charge is 0.270 e. The van der Waals surface area contributed by atoms with Crippen LogP contribution in [-0.4, -0.2) is 47.3 Å². The molecular weight excluding hydrogens is 290 g/mol. The van der Waals surface area contributed by atoms with Crippen molar-refractivity contribution in [3.63, 3.8) is 0 Å². The molecule has 1 aromatic heterocycles. The van der Waals surface area contributed by atoms with Crippen LogP contribution in [0.1, 0.15) is 64.7 Å². The van der Waals surface area contributed by atoms with E-state index >= 15 is 0 Å². The average molecular weight is 317 g/mol. The van der Waals surface area contributed by atoms with Crippen molar-refractivity contribution >= 4 is 11.7 Å². The van der Waals surface area contributed by atoms with E-state index in [1.807, 2.05) is 18.7 Å². The van der Waals surface area contributed by atoms with Crippen molar-refractivity contribution in [2.45, 2.75) is 52.5 Å². The number of carbonyl (C=O) groups excluding carboxylic acids is 2. The molecule has 0 aromatic carbocycles. The number of hydrogen-bond donors (Lipinski definition) is 2. The molecule has 5 heteroatoms. The lowest BCUT2D eigenvalue weighted by atomic mass is 10.0. The summed E-state index contributed by atoms with van der Waals surface area (Å²) >= 11 is 0. The van der Waals surface area contributed by atoms with Crippen LogP contribution < -0.4 is 5.32 Å². The van der Waals surface area contributed by atoms with E-state index in [1.54, 1.807) is 6.92 Å². The summed E-state index contributed by atoms with van der Waals surface area (Å²) in [4.78, 5) is 29.5. The molecule has 1 aromatic rings. The van der Waals surface area contributed by atoms with Gasteiger partial charge in [0.25, 0.3) is 5.91 Å². The van der Waals surface area contributed by atoms with Gasteiger partial charge in [-0.15, -0.1) is 0 Å². The zero-order chi connectivity index (χ0) is 16.6. The van der Waals surface area contributed by atoms with Crippen LogP contribution in [0.3, 0.4) is 0 Å². The number of aromatic amines is 1. The zero-order valence-electron chi connectivity index (χ0n) is 14.4. The summed E-state index contributed by atoms with van der Waals surface area (Å²) in [7, 11) is 0. The lowest BCUT2D eigenvalue weighted by Crippen LogP contribution is -2.45. The molecule has 126 valence electrons. The summed E-state index contributed by atoms with van der Waals surface area (Å²) in [5, 5.41) is 3.63. The second-order valence-electron chi connectivity index (χ2n) is 7.10. The topological polar surface area (TPSA) is 65.2 Å². The standard InChI is InChI=1S/C18H27N3O2/c1-11-16(13(3)22)12(2)20-17(11)18(23)21-8-6-15(7-9-21)19-10-14-4-5-14/h14-15,19-20H,4-10H2,1-3H3. The van der Waals surface area contributed by atoms with Gasteiger partial charge in [-0.1, -0.05) is 0 Å².